The molecule has 0 saturated carbocycles. The Hall–Kier alpha value is -1.51. The van der Waals surface area contributed by atoms with E-state index < -0.39 is 5.97 Å². The molecule has 2 rings (SSSR count). The zero-order valence-corrected chi connectivity index (χ0v) is 11.4. The highest BCUT2D eigenvalue weighted by Gasteiger charge is 2.40. The first-order chi connectivity index (χ1) is 8.53. The van der Waals surface area contributed by atoms with Crippen LogP contribution in [0.5, 0.6) is 0 Å². The molecule has 1 aliphatic heterocycles. The first-order valence-corrected chi connectivity index (χ1v) is 6.61. The molecular formula is C15H21NO2. The number of carboxylic acid groups (broad SMARTS) is 1. The largest absolute Gasteiger partial charge is 0.478 e. The van der Waals surface area contributed by atoms with Crippen LogP contribution in [0.1, 0.15) is 42.6 Å². The summed E-state index contributed by atoms with van der Waals surface area (Å²) in [6, 6.07) is 5.54. The Kier molecular flexibility index (Phi) is 3.33. The molecule has 1 aliphatic rings. The van der Waals surface area contributed by atoms with Gasteiger partial charge in [-0.3, -0.25) is 0 Å². The highest BCUT2D eigenvalue weighted by molar-refractivity contribution is 5.91. The molecule has 0 aromatic heterocycles. The second-order valence-electron chi connectivity index (χ2n) is 5.32. The molecular weight excluding hydrogens is 226 g/mol. The van der Waals surface area contributed by atoms with Crippen molar-refractivity contribution in [3.63, 3.8) is 0 Å². The highest BCUT2D eigenvalue weighted by atomic mass is 16.4. The predicted molar refractivity (Wildman–Crippen MR) is 73.4 cm³/mol. The van der Waals surface area contributed by atoms with Crippen molar-refractivity contribution < 1.29 is 9.90 Å². The van der Waals surface area contributed by atoms with E-state index >= 15 is 0 Å². The Morgan fingerprint density at radius 1 is 1.33 bits per heavy atom. The molecule has 0 amide bonds. The zero-order valence-electron chi connectivity index (χ0n) is 11.4. The van der Waals surface area contributed by atoms with E-state index in [0.29, 0.717) is 11.0 Å². The molecule has 1 N–H and O–H groups in total. The topological polar surface area (TPSA) is 40.5 Å². The van der Waals surface area contributed by atoms with Crippen LogP contribution in [0.15, 0.2) is 18.2 Å². The zero-order chi connectivity index (χ0) is 13.3. The number of nitrogens with zero attached hydrogens (tertiary/aromatic N) is 1. The number of carbonyl (C=O) groups is 1. The van der Waals surface area contributed by atoms with Crippen molar-refractivity contribution in [1.82, 2.24) is 0 Å². The Morgan fingerprint density at radius 2 is 1.94 bits per heavy atom. The summed E-state index contributed by atoms with van der Waals surface area (Å²) in [5, 5.41) is 9.14. The van der Waals surface area contributed by atoms with E-state index in [2.05, 4.69) is 18.7 Å². The summed E-state index contributed by atoms with van der Waals surface area (Å²) >= 11 is 0. The second kappa shape index (κ2) is 4.63. The Morgan fingerprint density at radius 3 is 2.44 bits per heavy atom. The lowest BCUT2D eigenvalue weighted by molar-refractivity contribution is 0.0696. The monoisotopic (exact) mass is 247 g/mol. The van der Waals surface area contributed by atoms with Crippen LogP contribution in [0, 0.1) is 12.3 Å². The van der Waals surface area contributed by atoms with Gasteiger partial charge in [0.05, 0.1) is 5.56 Å². The maximum absolute atomic E-state index is 11.1. The lowest BCUT2D eigenvalue weighted by Crippen LogP contribution is -2.56. The Balaban J connectivity index is 2.22. The van der Waals surface area contributed by atoms with Gasteiger partial charge in [0.2, 0.25) is 0 Å². The van der Waals surface area contributed by atoms with E-state index in [1.807, 2.05) is 19.1 Å². The molecule has 0 aliphatic carbocycles. The average Bonchev–Trinajstić information content (AvgIpc) is 2.30. The van der Waals surface area contributed by atoms with Crippen molar-refractivity contribution in [1.29, 1.82) is 0 Å². The minimum atomic E-state index is -0.841. The number of anilines is 1. The van der Waals surface area contributed by atoms with Crippen LogP contribution < -0.4 is 4.90 Å². The summed E-state index contributed by atoms with van der Waals surface area (Å²) in [5.41, 5.74) is 2.81. The lowest BCUT2D eigenvalue weighted by atomic mass is 9.74. The molecule has 0 unspecified atom stereocenters. The molecule has 18 heavy (non-hydrogen) atoms. The summed E-state index contributed by atoms with van der Waals surface area (Å²) in [5.74, 6) is -0.841. The fourth-order valence-electron chi connectivity index (χ4n) is 2.83. The van der Waals surface area contributed by atoms with Crippen LogP contribution in [-0.2, 0) is 0 Å². The summed E-state index contributed by atoms with van der Waals surface area (Å²) < 4.78 is 0. The number of rotatable bonds is 4. The number of hydrogen-bond donors (Lipinski definition) is 1. The van der Waals surface area contributed by atoms with Gasteiger partial charge in [-0.2, -0.15) is 0 Å². The minimum absolute atomic E-state index is 0.415. The van der Waals surface area contributed by atoms with Crippen molar-refractivity contribution in [2.24, 2.45) is 5.41 Å². The molecule has 1 fully saturated rings. The molecule has 1 aromatic rings. The smallest absolute Gasteiger partial charge is 0.336 e. The van der Waals surface area contributed by atoms with Gasteiger partial charge in [0.15, 0.2) is 0 Å². The maximum atomic E-state index is 11.1. The predicted octanol–water partition coefficient (Wildman–Crippen LogP) is 3.32. The van der Waals surface area contributed by atoms with E-state index in [0.717, 1.165) is 24.3 Å². The molecule has 98 valence electrons. The van der Waals surface area contributed by atoms with Crippen molar-refractivity contribution in [3.05, 3.63) is 29.3 Å². The first kappa shape index (κ1) is 12.9. The van der Waals surface area contributed by atoms with Crippen LogP contribution in [-0.4, -0.2) is 24.2 Å². The van der Waals surface area contributed by atoms with E-state index in [9.17, 15) is 4.79 Å². The van der Waals surface area contributed by atoms with Crippen molar-refractivity contribution in [2.45, 2.75) is 33.6 Å². The SMILES string of the molecule is CCC1(CC)CN(c2cccc(C(=O)O)c2C)C1. The summed E-state index contributed by atoms with van der Waals surface area (Å²) in [7, 11) is 0. The van der Waals surface area contributed by atoms with Gasteiger partial charge >= 0.3 is 5.97 Å². The van der Waals surface area contributed by atoms with E-state index in [4.69, 9.17) is 5.11 Å². The Labute approximate surface area is 108 Å². The third-order valence-electron chi connectivity index (χ3n) is 4.43. The minimum Gasteiger partial charge on any atom is -0.478 e. The molecule has 0 atom stereocenters. The molecule has 1 saturated heterocycles. The van der Waals surface area contributed by atoms with Crippen molar-refractivity contribution in [2.75, 3.05) is 18.0 Å². The van der Waals surface area contributed by atoms with Gasteiger partial charge in [0.25, 0.3) is 0 Å². The van der Waals surface area contributed by atoms with Gasteiger partial charge in [-0.25, -0.2) is 4.79 Å². The normalized spacial score (nSPS) is 17.4. The van der Waals surface area contributed by atoms with Gasteiger partial charge in [-0.05, 0) is 37.5 Å². The third kappa shape index (κ3) is 1.98. The highest BCUT2D eigenvalue weighted by Crippen LogP contribution is 2.41. The molecule has 3 nitrogen and oxygen atoms in total. The fourth-order valence-corrected chi connectivity index (χ4v) is 2.83. The molecule has 0 bridgehead atoms. The van der Waals surface area contributed by atoms with Crippen LogP contribution in [0.2, 0.25) is 0 Å². The average molecular weight is 247 g/mol. The van der Waals surface area contributed by atoms with Crippen LogP contribution >= 0.6 is 0 Å². The maximum Gasteiger partial charge on any atom is 0.336 e. The van der Waals surface area contributed by atoms with Crippen LogP contribution in [0.4, 0.5) is 5.69 Å². The molecule has 1 aromatic carbocycles. The lowest BCUT2D eigenvalue weighted by Gasteiger charge is -2.51. The Bertz CT molecular complexity index is 456. The van der Waals surface area contributed by atoms with Crippen LogP contribution in [0.3, 0.4) is 0 Å². The standard InChI is InChI=1S/C15H21NO2/c1-4-15(5-2)9-16(10-15)13-8-6-7-12(11(13)3)14(17)18/h6-8H,4-5,9-10H2,1-3H3,(H,17,18). The van der Waals surface area contributed by atoms with Crippen molar-refractivity contribution in [3.8, 4) is 0 Å². The summed E-state index contributed by atoms with van der Waals surface area (Å²) in [6.07, 6.45) is 2.38. The number of aromatic carboxylic acids is 1. The summed E-state index contributed by atoms with van der Waals surface area (Å²) in [6.45, 7) is 8.47. The van der Waals surface area contributed by atoms with E-state index in [1.165, 1.54) is 12.8 Å². The number of hydrogen-bond acceptors (Lipinski definition) is 2. The third-order valence-corrected chi connectivity index (χ3v) is 4.43. The number of benzene rings is 1. The quantitative estimate of drug-likeness (QED) is 0.887. The van der Waals surface area contributed by atoms with Gasteiger partial charge in [0.1, 0.15) is 0 Å². The molecule has 3 heteroatoms. The van der Waals surface area contributed by atoms with Crippen LogP contribution in [0.25, 0.3) is 0 Å². The fraction of sp³-hybridized carbons (Fsp3) is 0.533. The number of carboxylic acids is 1. The van der Waals surface area contributed by atoms with Gasteiger partial charge in [-0.1, -0.05) is 19.9 Å². The van der Waals surface area contributed by atoms with E-state index in [-0.39, 0.29) is 0 Å². The van der Waals surface area contributed by atoms with Gasteiger partial charge in [-0.15, -0.1) is 0 Å². The first-order valence-electron chi connectivity index (χ1n) is 6.61. The van der Waals surface area contributed by atoms with Crippen molar-refractivity contribution >= 4 is 11.7 Å². The summed E-state index contributed by atoms with van der Waals surface area (Å²) in [4.78, 5) is 13.4. The molecule has 0 radical (unpaired) electrons. The van der Waals surface area contributed by atoms with Gasteiger partial charge < -0.3 is 10.0 Å². The molecule has 1 heterocycles. The van der Waals surface area contributed by atoms with Gasteiger partial charge in [0, 0.05) is 24.2 Å². The van der Waals surface area contributed by atoms with E-state index in [1.54, 1.807) is 6.07 Å². The molecule has 0 spiro atoms. The second-order valence-corrected chi connectivity index (χ2v) is 5.32.